The lowest BCUT2D eigenvalue weighted by atomic mass is 10.1. The number of morpholine rings is 1. The van der Waals surface area contributed by atoms with Crippen LogP contribution in [-0.2, 0) is 21.2 Å². The molecule has 0 aliphatic carbocycles. The summed E-state index contributed by atoms with van der Waals surface area (Å²) in [6.07, 6.45) is 2.82. The first-order chi connectivity index (χ1) is 13.1. The van der Waals surface area contributed by atoms with Gasteiger partial charge in [-0.2, -0.15) is 4.31 Å². The van der Waals surface area contributed by atoms with Gasteiger partial charge in [-0.05, 0) is 43.0 Å². The van der Waals surface area contributed by atoms with Crippen LogP contribution >= 0.6 is 0 Å². The smallest absolute Gasteiger partial charge is 0.294 e. The van der Waals surface area contributed by atoms with Gasteiger partial charge in [0.15, 0.2) is 5.76 Å². The van der Waals surface area contributed by atoms with Crippen LogP contribution in [-0.4, -0.2) is 51.5 Å². The molecule has 0 radical (unpaired) electrons. The first kappa shape index (κ1) is 18.2. The first-order valence-corrected chi connectivity index (χ1v) is 10.6. The molecule has 0 bridgehead atoms. The molecule has 4 rings (SSSR count). The molecule has 3 heterocycles. The molecule has 1 aromatic heterocycles. The van der Waals surface area contributed by atoms with Crippen molar-refractivity contribution in [3.63, 3.8) is 0 Å². The topological polar surface area (TPSA) is 80.1 Å². The second-order valence-corrected chi connectivity index (χ2v) is 8.55. The summed E-state index contributed by atoms with van der Waals surface area (Å²) in [5.74, 6) is -0.272. The lowest BCUT2D eigenvalue weighted by Gasteiger charge is -2.25. The molecule has 0 atom stereocenters. The normalized spacial score (nSPS) is 18.7. The number of fused-ring (bicyclic) bond motifs is 1. The van der Waals surface area contributed by atoms with Crippen LogP contribution in [0.5, 0.6) is 0 Å². The Balaban J connectivity index is 1.61. The quantitative estimate of drug-likeness (QED) is 0.803. The fourth-order valence-corrected chi connectivity index (χ4v) is 4.84. The minimum absolute atomic E-state index is 0.0403. The molecule has 1 fully saturated rings. The van der Waals surface area contributed by atoms with Gasteiger partial charge >= 0.3 is 0 Å². The molecule has 0 N–H and O–H groups in total. The monoisotopic (exact) mass is 390 g/mol. The van der Waals surface area contributed by atoms with E-state index in [0.29, 0.717) is 19.8 Å². The van der Waals surface area contributed by atoms with Crippen molar-refractivity contribution in [1.82, 2.24) is 4.31 Å². The Bertz CT molecular complexity index is 931. The van der Waals surface area contributed by atoms with Crippen molar-refractivity contribution in [2.24, 2.45) is 0 Å². The van der Waals surface area contributed by atoms with Crippen LogP contribution < -0.4 is 4.90 Å². The maximum atomic E-state index is 13.0. The number of benzene rings is 1. The van der Waals surface area contributed by atoms with E-state index in [1.165, 1.54) is 16.4 Å². The van der Waals surface area contributed by atoms with E-state index >= 15 is 0 Å². The highest BCUT2D eigenvalue weighted by molar-refractivity contribution is 7.89. The molecule has 8 heteroatoms. The number of carbonyl (C=O) groups excluding carboxylic acids is 1. The number of anilines is 1. The van der Waals surface area contributed by atoms with Crippen LogP contribution in [0.25, 0.3) is 0 Å². The molecular weight excluding hydrogens is 368 g/mol. The van der Waals surface area contributed by atoms with Gasteiger partial charge in [0.05, 0.1) is 13.2 Å². The number of furan rings is 1. The van der Waals surface area contributed by atoms with Crippen LogP contribution in [0, 0.1) is 0 Å². The first-order valence-electron chi connectivity index (χ1n) is 9.15. The van der Waals surface area contributed by atoms with Gasteiger partial charge in [0.25, 0.3) is 15.9 Å². The largest absolute Gasteiger partial charge is 0.438 e. The highest BCUT2D eigenvalue weighted by Gasteiger charge is 2.31. The zero-order chi connectivity index (χ0) is 18.9. The molecule has 2 aliphatic rings. The second kappa shape index (κ2) is 7.46. The molecule has 1 saturated heterocycles. The Kier molecular flexibility index (Phi) is 5.03. The zero-order valence-electron chi connectivity index (χ0n) is 15.0. The maximum Gasteiger partial charge on any atom is 0.294 e. The number of hydrogen-bond donors (Lipinski definition) is 0. The van der Waals surface area contributed by atoms with E-state index in [4.69, 9.17) is 9.15 Å². The molecule has 2 aliphatic heterocycles. The van der Waals surface area contributed by atoms with Crippen LogP contribution in [0.15, 0.2) is 45.9 Å². The molecule has 0 unspecified atom stereocenters. The van der Waals surface area contributed by atoms with E-state index in [-0.39, 0.29) is 29.8 Å². The number of para-hydroxylation sites is 1. The maximum absolute atomic E-state index is 13.0. The lowest BCUT2D eigenvalue weighted by Crippen LogP contribution is -2.40. The van der Waals surface area contributed by atoms with E-state index in [1.807, 2.05) is 24.3 Å². The molecular formula is C19H22N2O5S. The molecule has 1 amide bonds. The summed E-state index contributed by atoms with van der Waals surface area (Å²) in [5.41, 5.74) is 1.99. The summed E-state index contributed by atoms with van der Waals surface area (Å²) in [5, 5.41) is -0.198. The molecule has 2 aromatic rings. The van der Waals surface area contributed by atoms with Crippen molar-refractivity contribution in [2.75, 3.05) is 37.7 Å². The SMILES string of the molecule is O=C(c1ccc(S(=O)(=O)N2CCOCC2)o1)N1CCCCc2ccccc21. The van der Waals surface area contributed by atoms with Gasteiger partial charge in [-0.25, -0.2) is 8.42 Å². The fraction of sp³-hybridized carbons (Fsp3) is 0.421. The summed E-state index contributed by atoms with van der Waals surface area (Å²) in [6, 6.07) is 10.6. The fourth-order valence-electron chi connectivity index (χ4n) is 3.52. The van der Waals surface area contributed by atoms with Gasteiger partial charge in [-0.3, -0.25) is 4.79 Å². The summed E-state index contributed by atoms with van der Waals surface area (Å²) in [4.78, 5) is 14.7. The van der Waals surface area contributed by atoms with Crippen molar-refractivity contribution in [1.29, 1.82) is 0 Å². The van der Waals surface area contributed by atoms with Gasteiger partial charge in [0.1, 0.15) is 0 Å². The van der Waals surface area contributed by atoms with Crippen LogP contribution in [0.3, 0.4) is 0 Å². The van der Waals surface area contributed by atoms with Crippen LogP contribution in [0.1, 0.15) is 29.0 Å². The van der Waals surface area contributed by atoms with Gasteiger partial charge in [0.2, 0.25) is 5.09 Å². The summed E-state index contributed by atoms with van der Waals surface area (Å²) < 4.78 is 37.4. The standard InChI is InChI=1S/C19H22N2O5S/c22-19(21-10-4-3-6-15-5-1-2-7-16(15)21)17-8-9-18(26-17)27(23,24)20-11-13-25-14-12-20/h1-2,5,7-9H,3-4,6,10-14H2. The third-order valence-corrected chi connectivity index (χ3v) is 6.73. The lowest BCUT2D eigenvalue weighted by molar-refractivity contribution is 0.0723. The highest BCUT2D eigenvalue weighted by atomic mass is 32.2. The number of sulfonamides is 1. The number of hydrogen-bond acceptors (Lipinski definition) is 5. The number of aryl methyl sites for hydroxylation is 1. The van der Waals surface area contributed by atoms with Gasteiger partial charge in [0, 0.05) is 25.3 Å². The number of ether oxygens (including phenoxy) is 1. The van der Waals surface area contributed by atoms with E-state index in [1.54, 1.807) is 4.90 Å². The molecule has 27 heavy (non-hydrogen) atoms. The van der Waals surface area contributed by atoms with E-state index in [9.17, 15) is 13.2 Å². The Morgan fingerprint density at radius 1 is 0.963 bits per heavy atom. The Hall–Kier alpha value is -2.16. The molecule has 0 saturated carbocycles. The average molecular weight is 390 g/mol. The Morgan fingerprint density at radius 2 is 1.74 bits per heavy atom. The minimum atomic E-state index is -3.76. The van der Waals surface area contributed by atoms with E-state index in [2.05, 4.69) is 0 Å². The molecule has 0 spiro atoms. The predicted octanol–water partition coefficient (Wildman–Crippen LogP) is 2.28. The van der Waals surface area contributed by atoms with Crippen LogP contribution in [0.2, 0.25) is 0 Å². The van der Waals surface area contributed by atoms with Gasteiger partial charge in [-0.1, -0.05) is 18.2 Å². The van der Waals surface area contributed by atoms with Crippen molar-refractivity contribution in [3.8, 4) is 0 Å². The van der Waals surface area contributed by atoms with Crippen molar-refractivity contribution in [2.45, 2.75) is 24.4 Å². The zero-order valence-corrected chi connectivity index (χ0v) is 15.8. The Labute approximate surface area is 158 Å². The van der Waals surface area contributed by atoms with Crippen molar-refractivity contribution < 1.29 is 22.4 Å². The summed E-state index contributed by atoms with van der Waals surface area (Å²) in [7, 11) is -3.76. The van der Waals surface area contributed by atoms with Gasteiger partial charge < -0.3 is 14.1 Å². The second-order valence-electron chi connectivity index (χ2n) is 6.68. The number of amides is 1. The van der Waals surface area contributed by atoms with Gasteiger partial charge in [-0.15, -0.1) is 0 Å². The average Bonchev–Trinajstić information content (AvgIpc) is 3.10. The number of nitrogens with zero attached hydrogens (tertiary/aromatic N) is 2. The third kappa shape index (κ3) is 3.52. The molecule has 7 nitrogen and oxygen atoms in total. The molecule has 144 valence electrons. The number of rotatable bonds is 3. The Morgan fingerprint density at radius 3 is 2.56 bits per heavy atom. The summed E-state index contributed by atoms with van der Waals surface area (Å²) in [6.45, 7) is 1.87. The van der Waals surface area contributed by atoms with Crippen molar-refractivity contribution in [3.05, 3.63) is 47.7 Å². The van der Waals surface area contributed by atoms with Crippen molar-refractivity contribution >= 4 is 21.6 Å². The highest BCUT2D eigenvalue weighted by Crippen LogP contribution is 2.28. The predicted molar refractivity (Wildman–Crippen MR) is 99.3 cm³/mol. The third-order valence-electron chi connectivity index (χ3n) is 4.96. The van der Waals surface area contributed by atoms with E-state index < -0.39 is 10.0 Å². The molecule has 1 aromatic carbocycles. The number of carbonyl (C=O) groups is 1. The summed E-state index contributed by atoms with van der Waals surface area (Å²) >= 11 is 0. The van der Waals surface area contributed by atoms with Crippen LogP contribution in [0.4, 0.5) is 5.69 Å². The minimum Gasteiger partial charge on any atom is -0.438 e. The van der Waals surface area contributed by atoms with E-state index in [0.717, 1.165) is 30.5 Å².